The van der Waals surface area contributed by atoms with Gasteiger partial charge in [0.25, 0.3) is 0 Å². The molecule has 1 unspecified atom stereocenters. The van der Waals surface area contributed by atoms with Crippen molar-refractivity contribution in [3.8, 4) is 0 Å². The topological polar surface area (TPSA) is 111 Å². The maximum atomic E-state index is 13.4. The van der Waals surface area contributed by atoms with E-state index in [2.05, 4.69) is 10.3 Å². The van der Waals surface area contributed by atoms with Crippen molar-refractivity contribution in [1.29, 1.82) is 0 Å². The van der Waals surface area contributed by atoms with Crippen LogP contribution in [0.1, 0.15) is 22.4 Å². The number of nitrogen functional groups attached to an aromatic ring is 1. The molecule has 6 nitrogen and oxygen atoms in total. The number of aryl methyl sites for hydroxylation is 1. The van der Waals surface area contributed by atoms with Crippen LogP contribution >= 0.6 is 34.8 Å². The molecule has 0 bridgehead atoms. The Morgan fingerprint density at radius 2 is 1.56 bits per heavy atom. The second-order valence-electron chi connectivity index (χ2n) is 8.10. The number of carbonyl (C=O) groups is 2. The van der Waals surface area contributed by atoms with Crippen molar-refractivity contribution in [2.45, 2.75) is 26.3 Å². The van der Waals surface area contributed by atoms with Gasteiger partial charge in [-0.2, -0.15) is 0 Å². The van der Waals surface area contributed by atoms with E-state index in [-0.39, 0.29) is 25.3 Å². The first kappa shape index (κ1) is 25.8. The molecule has 0 aliphatic heterocycles. The molecule has 1 aromatic heterocycles. The van der Waals surface area contributed by atoms with Crippen LogP contribution in [-0.2, 0) is 29.0 Å². The summed E-state index contributed by atoms with van der Waals surface area (Å²) in [4.78, 5) is 30.2. The molecule has 0 radical (unpaired) electrons. The van der Waals surface area contributed by atoms with Gasteiger partial charge in [-0.1, -0.05) is 59.1 Å². The Morgan fingerprint density at radius 3 is 2.18 bits per heavy atom. The van der Waals surface area contributed by atoms with Crippen molar-refractivity contribution >= 4 is 52.4 Å². The fourth-order valence-corrected chi connectivity index (χ4v) is 4.21. The van der Waals surface area contributed by atoms with E-state index in [1.165, 1.54) is 0 Å². The summed E-state index contributed by atoms with van der Waals surface area (Å²) in [5.74, 6) is -1.98. The van der Waals surface area contributed by atoms with Crippen molar-refractivity contribution in [2.75, 3.05) is 5.73 Å². The molecular weight excluding hydrogens is 495 g/mol. The molecule has 0 spiro atoms. The van der Waals surface area contributed by atoms with Crippen LogP contribution in [0, 0.1) is 18.8 Å². The molecule has 2 aromatic carbocycles. The molecule has 0 saturated heterocycles. The van der Waals surface area contributed by atoms with Crippen molar-refractivity contribution in [3.05, 3.63) is 92.0 Å². The molecule has 3 rings (SSSR count). The summed E-state index contributed by atoms with van der Waals surface area (Å²) < 4.78 is 0. The first-order chi connectivity index (χ1) is 16.1. The number of nitrogens with one attached hydrogen (secondary N) is 1. The number of halogens is 3. The lowest BCUT2D eigenvalue weighted by Gasteiger charge is -2.25. The maximum Gasteiger partial charge on any atom is 0.224 e. The zero-order valence-corrected chi connectivity index (χ0v) is 20.8. The van der Waals surface area contributed by atoms with Gasteiger partial charge in [0.05, 0.1) is 21.9 Å². The largest absolute Gasteiger partial charge is 0.384 e. The number of amides is 2. The van der Waals surface area contributed by atoms with Gasteiger partial charge in [0, 0.05) is 17.3 Å². The van der Waals surface area contributed by atoms with Gasteiger partial charge in [-0.05, 0) is 66.8 Å². The van der Waals surface area contributed by atoms with E-state index in [9.17, 15) is 9.59 Å². The summed E-state index contributed by atoms with van der Waals surface area (Å²) in [6.07, 6.45) is 0.539. The smallest absolute Gasteiger partial charge is 0.224 e. The molecule has 34 heavy (non-hydrogen) atoms. The molecule has 5 N–H and O–H groups in total. The number of nitrogens with zero attached hydrogens (tertiary/aromatic N) is 1. The van der Waals surface area contributed by atoms with Gasteiger partial charge in [-0.3, -0.25) is 9.59 Å². The molecule has 178 valence electrons. The molecule has 1 heterocycles. The minimum atomic E-state index is -0.763. The van der Waals surface area contributed by atoms with Gasteiger partial charge in [0.1, 0.15) is 5.82 Å². The molecule has 2 amide bonds. The van der Waals surface area contributed by atoms with E-state index in [0.29, 0.717) is 26.6 Å². The highest BCUT2D eigenvalue weighted by Crippen LogP contribution is 2.28. The first-order valence-corrected chi connectivity index (χ1v) is 11.7. The van der Waals surface area contributed by atoms with Crippen LogP contribution in [-0.4, -0.2) is 16.8 Å². The van der Waals surface area contributed by atoms with Crippen LogP contribution in [0.3, 0.4) is 0 Å². The number of primary amides is 1. The SMILES string of the molecule is Cc1nc(N)ccc1CNC(=O)[C@@H](Cc1ccc(Cl)c(Cl)c1)C(Cc1ccc(Cl)cc1)C(N)=O. The number of pyridine rings is 1. The van der Waals surface area contributed by atoms with Crippen molar-refractivity contribution in [1.82, 2.24) is 10.3 Å². The van der Waals surface area contributed by atoms with E-state index >= 15 is 0 Å². The Bertz CT molecular complexity index is 1190. The second-order valence-corrected chi connectivity index (χ2v) is 9.35. The average molecular weight is 520 g/mol. The molecule has 0 aliphatic rings. The zero-order chi connectivity index (χ0) is 24.8. The van der Waals surface area contributed by atoms with Crippen LogP contribution in [0.25, 0.3) is 0 Å². The van der Waals surface area contributed by atoms with Gasteiger partial charge in [0.2, 0.25) is 11.8 Å². The highest BCUT2D eigenvalue weighted by atomic mass is 35.5. The predicted molar refractivity (Wildman–Crippen MR) is 137 cm³/mol. The number of aromatic nitrogens is 1. The molecule has 2 atom stereocenters. The normalized spacial score (nSPS) is 12.7. The van der Waals surface area contributed by atoms with Crippen LogP contribution in [0.15, 0.2) is 54.6 Å². The number of carbonyl (C=O) groups excluding carboxylic acids is 2. The van der Waals surface area contributed by atoms with Gasteiger partial charge in [-0.15, -0.1) is 0 Å². The monoisotopic (exact) mass is 518 g/mol. The van der Waals surface area contributed by atoms with Gasteiger partial charge >= 0.3 is 0 Å². The standard InChI is InChI=1S/C25H25Cl3N4O2/c1-14-17(5-9-23(29)32-14)13-31-25(34)20(11-16-4-8-21(27)22(28)12-16)19(24(30)33)10-15-2-6-18(26)7-3-15/h2-9,12,19-20H,10-11,13H2,1H3,(H2,29,32)(H2,30,33)(H,31,34)/t19?,20-/m0/s1. The summed E-state index contributed by atoms with van der Waals surface area (Å²) in [5, 5.41) is 4.29. The molecule has 0 fully saturated rings. The molecule has 3 aromatic rings. The van der Waals surface area contributed by atoms with E-state index in [4.69, 9.17) is 46.3 Å². The fourth-order valence-electron chi connectivity index (χ4n) is 3.76. The van der Waals surface area contributed by atoms with Crippen LogP contribution in [0.5, 0.6) is 0 Å². The lowest BCUT2D eigenvalue weighted by molar-refractivity contribution is -0.133. The Morgan fingerprint density at radius 1 is 0.912 bits per heavy atom. The lowest BCUT2D eigenvalue weighted by atomic mass is 9.81. The summed E-state index contributed by atoms with van der Waals surface area (Å²) in [6, 6.07) is 15.7. The summed E-state index contributed by atoms with van der Waals surface area (Å²) >= 11 is 18.2. The molecular formula is C25H25Cl3N4O2. The van der Waals surface area contributed by atoms with E-state index < -0.39 is 17.7 Å². The van der Waals surface area contributed by atoms with E-state index in [1.54, 1.807) is 36.4 Å². The van der Waals surface area contributed by atoms with Gasteiger partial charge in [0.15, 0.2) is 0 Å². The molecule has 0 saturated carbocycles. The number of hydrogen-bond donors (Lipinski definition) is 3. The highest BCUT2D eigenvalue weighted by Gasteiger charge is 2.33. The van der Waals surface area contributed by atoms with Crippen LogP contribution in [0.4, 0.5) is 5.82 Å². The van der Waals surface area contributed by atoms with Gasteiger partial charge < -0.3 is 16.8 Å². The quantitative estimate of drug-likeness (QED) is 0.379. The summed E-state index contributed by atoms with van der Waals surface area (Å²) in [7, 11) is 0. The Hall–Kier alpha value is -2.80. The Kier molecular flexibility index (Phi) is 8.78. The third kappa shape index (κ3) is 6.86. The number of nitrogens with two attached hydrogens (primary N) is 2. The van der Waals surface area contributed by atoms with Gasteiger partial charge in [-0.25, -0.2) is 4.98 Å². The van der Waals surface area contributed by atoms with Crippen molar-refractivity contribution < 1.29 is 9.59 Å². The van der Waals surface area contributed by atoms with Crippen LogP contribution in [0.2, 0.25) is 15.1 Å². The minimum absolute atomic E-state index is 0.238. The minimum Gasteiger partial charge on any atom is -0.384 e. The maximum absolute atomic E-state index is 13.4. The number of rotatable bonds is 9. The predicted octanol–water partition coefficient (Wildman–Crippen LogP) is 4.75. The number of benzene rings is 2. The number of hydrogen-bond acceptors (Lipinski definition) is 4. The third-order valence-corrected chi connectivity index (χ3v) is 6.66. The summed E-state index contributed by atoms with van der Waals surface area (Å²) in [5.41, 5.74) is 14.7. The molecule has 0 aliphatic carbocycles. The third-order valence-electron chi connectivity index (χ3n) is 5.67. The van der Waals surface area contributed by atoms with Crippen molar-refractivity contribution in [2.24, 2.45) is 17.6 Å². The fraction of sp³-hybridized carbons (Fsp3) is 0.240. The second kappa shape index (κ2) is 11.6. The lowest BCUT2D eigenvalue weighted by Crippen LogP contribution is -2.42. The Balaban J connectivity index is 1.88. The van der Waals surface area contributed by atoms with E-state index in [0.717, 1.165) is 16.7 Å². The first-order valence-electron chi connectivity index (χ1n) is 10.6. The average Bonchev–Trinajstić information content (AvgIpc) is 2.78. The van der Waals surface area contributed by atoms with Crippen molar-refractivity contribution in [3.63, 3.8) is 0 Å². The number of anilines is 1. The Labute approximate surface area is 213 Å². The highest BCUT2D eigenvalue weighted by molar-refractivity contribution is 6.42. The molecule has 9 heteroatoms. The van der Waals surface area contributed by atoms with Crippen LogP contribution < -0.4 is 16.8 Å². The summed E-state index contributed by atoms with van der Waals surface area (Å²) in [6.45, 7) is 2.06. The zero-order valence-electron chi connectivity index (χ0n) is 18.5. The van der Waals surface area contributed by atoms with E-state index in [1.807, 2.05) is 25.1 Å².